The van der Waals surface area contributed by atoms with E-state index < -0.39 is 0 Å². The molecule has 112 valence electrons. The number of nitrogens with zero attached hydrogens (tertiary/aromatic N) is 1. The molecule has 4 nitrogen and oxygen atoms in total. The average molecular weight is 303 g/mol. The number of H-pyrrole nitrogens is 1. The van der Waals surface area contributed by atoms with E-state index in [2.05, 4.69) is 48.4 Å². The maximum atomic E-state index is 11.9. The van der Waals surface area contributed by atoms with E-state index in [4.69, 9.17) is 0 Å². The lowest BCUT2D eigenvalue weighted by Crippen LogP contribution is -2.14. The van der Waals surface area contributed by atoms with Gasteiger partial charge in [-0.2, -0.15) is 5.10 Å². The summed E-state index contributed by atoms with van der Waals surface area (Å²) in [5, 5.41) is 9.90. The first-order valence-electron chi connectivity index (χ1n) is 6.92. The number of aromatic nitrogens is 2. The van der Waals surface area contributed by atoms with E-state index in [-0.39, 0.29) is 11.3 Å². The van der Waals surface area contributed by atoms with Crippen molar-refractivity contribution in [1.82, 2.24) is 10.2 Å². The Bertz CT molecular complexity index is 587. The number of benzene rings is 1. The fraction of sp³-hybridized carbons (Fsp3) is 0.375. The molecule has 1 aromatic carbocycles. The Balaban J connectivity index is 1.78. The van der Waals surface area contributed by atoms with Gasteiger partial charge in [0.25, 0.3) is 0 Å². The predicted molar refractivity (Wildman–Crippen MR) is 88.5 cm³/mol. The standard InChI is InChI=1S/C16H21N3OS/c1-16(2,3)13-9-14(19-18-13)17-15(20)11-21-10-12-7-5-4-6-8-12/h4-9H,10-11H2,1-3H3,(H2,17,18,19,20). The van der Waals surface area contributed by atoms with Crippen molar-refractivity contribution in [1.29, 1.82) is 0 Å². The summed E-state index contributed by atoms with van der Waals surface area (Å²) in [6.07, 6.45) is 0. The summed E-state index contributed by atoms with van der Waals surface area (Å²) in [4.78, 5) is 11.9. The van der Waals surface area contributed by atoms with Gasteiger partial charge in [-0.3, -0.25) is 9.89 Å². The maximum absolute atomic E-state index is 11.9. The van der Waals surface area contributed by atoms with Crippen molar-refractivity contribution in [2.75, 3.05) is 11.1 Å². The molecule has 1 aromatic heterocycles. The second kappa shape index (κ2) is 6.80. The highest BCUT2D eigenvalue weighted by atomic mass is 32.2. The average Bonchev–Trinajstić information content (AvgIpc) is 2.88. The van der Waals surface area contributed by atoms with Crippen molar-refractivity contribution in [3.05, 3.63) is 47.7 Å². The van der Waals surface area contributed by atoms with Crippen LogP contribution in [0.3, 0.4) is 0 Å². The van der Waals surface area contributed by atoms with Crippen LogP contribution in [0.25, 0.3) is 0 Å². The number of thioether (sulfide) groups is 1. The minimum absolute atomic E-state index is 0.00195. The predicted octanol–water partition coefficient (Wildman–Crippen LogP) is 3.58. The van der Waals surface area contributed by atoms with Crippen molar-refractivity contribution in [2.45, 2.75) is 31.9 Å². The molecule has 5 heteroatoms. The number of nitrogens with one attached hydrogen (secondary N) is 2. The Morgan fingerprint density at radius 2 is 2.00 bits per heavy atom. The molecule has 2 N–H and O–H groups in total. The highest BCUT2D eigenvalue weighted by Gasteiger charge is 2.17. The fourth-order valence-electron chi connectivity index (χ4n) is 1.78. The molecule has 1 amide bonds. The van der Waals surface area contributed by atoms with Gasteiger partial charge in [-0.15, -0.1) is 11.8 Å². The Kier molecular flexibility index (Phi) is 5.07. The number of hydrogen-bond donors (Lipinski definition) is 2. The molecule has 0 unspecified atom stereocenters. The van der Waals surface area contributed by atoms with Crippen molar-refractivity contribution >= 4 is 23.5 Å². The summed E-state index contributed by atoms with van der Waals surface area (Å²) in [6.45, 7) is 6.30. The van der Waals surface area contributed by atoms with Gasteiger partial charge in [-0.25, -0.2) is 0 Å². The molecule has 2 rings (SSSR count). The smallest absolute Gasteiger partial charge is 0.235 e. The van der Waals surface area contributed by atoms with Gasteiger partial charge in [-0.05, 0) is 5.56 Å². The van der Waals surface area contributed by atoms with E-state index in [0.717, 1.165) is 11.4 Å². The molecule has 21 heavy (non-hydrogen) atoms. The quantitative estimate of drug-likeness (QED) is 0.887. The van der Waals surface area contributed by atoms with Crippen molar-refractivity contribution < 1.29 is 4.79 Å². The number of hydrogen-bond acceptors (Lipinski definition) is 3. The first-order chi connectivity index (χ1) is 9.95. The number of rotatable bonds is 5. The largest absolute Gasteiger partial charge is 0.308 e. The zero-order valence-electron chi connectivity index (χ0n) is 12.6. The molecule has 0 aliphatic heterocycles. The van der Waals surface area contributed by atoms with Gasteiger partial charge < -0.3 is 5.32 Å². The van der Waals surface area contributed by atoms with Crippen LogP contribution in [-0.2, 0) is 16.0 Å². The third kappa shape index (κ3) is 4.93. The summed E-state index contributed by atoms with van der Waals surface area (Å²) >= 11 is 1.60. The van der Waals surface area contributed by atoms with Crippen LogP contribution in [-0.4, -0.2) is 21.9 Å². The lowest BCUT2D eigenvalue weighted by atomic mass is 9.92. The number of carbonyl (C=O) groups excluding carboxylic acids is 1. The summed E-state index contributed by atoms with van der Waals surface area (Å²) in [5.74, 6) is 1.82. The Morgan fingerprint density at radius 3 is 2.62 bits per heavy atom. The van der Waals surface area contributed by atoms with Crippen LogP contribution in [0, 0.1) is 0 Å². The molecule has 0 radical (unpaired) electrons. The first kappa shape index (κ1) is 15.6. The zero-order valence-corrected chi connectivity index (χ0v) is 13.5. The normalized spacial score (nSPS) is 11.4. The van der Waals surface area contributed by atoms with Crippen molar-refractivity contribution in [3.8, 4) is 0 Å². The van der Waals surface area contributed by atoms with Crippen LogP contribution in [0.1, 0.15) is 32.0 Å². The van der Waals surface area contributed by atoms with Gasteiger partial charge in [0, 0.05) is 22.9 Å². The number of carbonyl (C=O) groups is 1. The van der Waals surface area contributed by atoms with Gasteiger partial charge in [0.1, 0.15) is 0 Å². The monoisotopic (exact) mass is 303 g/mol. The maximum Gasteiger partial charge on any atom is 0.235 e. The Labute approximate surface area is 129 Å². The van der Waals surface area contributed by atoms with E-state index in [0.29, 0.717) is 11.6 Å². The highest BCUT2D eigenvalue weighted by Crippen LogP contribution is 2.22. The third-order valence-electron chi connectivity index (χ3n) is 3.00. The van der Waals surface area contributed by atoms with E-state index in [1.165, 1.54) is 5.56 Å². The van der Waals surface area contributed by atoms with Gasteiger partial charge in [-0.1, -0.05) is 51.1 Å². The zero-order chi connectivity index (χ0) is 15.3. The molecule has 0 spiro atoms. The van der Waals surface area contributed by atoms with Crippen molar-refractivity contribution in [3.63, 3.8) is 0 Å². The fourth-order valence-corrected chi connectivity index (χ4v) is 2.57. The summed E-state index contributed by atoms with van der Waals surface area (Å²) in [5.41, 5.74) is 2.23. The number of aromatic amines is 1. The van der Waals surface area contributed by atoms with Crippen LogP contribution < -0.4 is 5.32 Å². The lowest BCUT2D eigenvalue weighted by Gasteiger charge is -2.14. The third-order valence-corrected chi connectivity index (χ3v) is 4.00. The van der Waals surface area contributed by atoms with Gasteiger partial charge in [0.15, 0.2) is 5.82 Å². The van der Waals surface area contributed by atoms with E-state index in [9.17, 15) is 4.79 Å². The van der Waals surface area contributed by atoms with E-state index in [1.807, 2.05) is 24.3 Å². The topological polar surface area (TPSA) is 57.8 Å². The first-order valence-corrected chi connectivity index (χ1v) is 8.08. The molecule has 1 heterocycles. The molecule has 0 saturated heterocycles. The van der Waals surface area contributed by atoms with Crippen molar-refractivity contribution in [2.24, 2.45) is 0 Å². The molecule has 0 aliphatic carbocycles. The Hall–Kier alpha value is -1.75. The van der Waals surface area contributed by atoms with Crippen LogP contribution in [0.15, 0.2) is 36.4 Å². The summed E-state index contributed by atoms with van der Waals surface area (Å²) in [6, 6.07) is 12.0. The van der Waals surface area contributed by atoms with Gasteiger partial charge in [0.2, 0.25) is 5.91 Å². The van der Waals surface area contributed by atoms with Crippen LogP contribution in [0.5, 0.6) is 0 Å². The molecule has 0 aliphatic rings. The van der Waals surface area contributed by atoms with Crippen LogP contribution in [0.4, 0.5) is 5.82 Å². The van der Waals surface area contributed by atoms with Crippen LogP contribution in [0.2, 0.25) is 0 Å². The van der Waals surface area contributed by atoms with Gasteiger partial charge in [0.05, 0.1) is 5.75 Å². The minimum atomic E-state index is -0.0251. The minimum Gasteiger partial charge on any atom is -0.308 e. The molecule has 2 aromatic rings. The molecular weight excluding hydrogens is 282 g/mol. The number of anilines is 1. The lowest BCUT2D eigenvalue weighted by molar-refractivity contribution is -0.113. The molecule has 0 atom stereocenters. The number of amides is 1. The van der Waals surface area contributed by atoms with E-state index >= 15 is 0 Å². The second-order valence-electron chi connectivity index (χ2n) is 5.94. The van der Waals surface area contributed by atoms with Gasteiger partial charge >= 0.3 is 0 Å². The van der Waals surface area contributed by atoms with Crippen LogP contribution >= 0.6 is 11.8 Å². The Morgan fingerprint density at radius 1 is 1.29 bits per heavy atom. The molecular formula is C16H21N3OS. The van der Waals surface area contributed by atoms with E-state index in [1.54, 1.807) is 11.8 Å². The second-order valence-corrected chi connectivity index (χ2v) is 6.93. The summed E-state index contributed by atoms with van der Waals surface area (Å²) < 4.78 is 0. The molecule has 0 fully saturated rings. The SMILES string of the molecule is CC(C)(C)c1cc(NC(=O)CSCc2ccccc2)n[nH]1. The molecule has 0 bridgehead atoms. The highest BCUT2D eigenvalue weighted by molar-refractivity contribution is 7.99. The molecule has 0 saturated carbocycles. The summed E-state index contributed by atoms with van der Waals surface area (Å²) in [7, 11) is 0.